The van der Waals surface area contributed by atoms with E-state index in [9.17, 15) is 4.80 Å². The Balaban J connectivity index is -0.0000000858. The smallest absolute Gasteiger partial charge is 0.188 e. The molecule has 0 saturated carbocycles. The van der Waals surface area contributed by atoms with E-state index in [-0.39, 0.29) is 21.7 Å². The van der Waals surface area contributed by atoms with Gasteiger partial charge in [0.05, 0.1) is 16.8 Å². The molecule has 0 aliphatic carbocycles. The average Bonchev–Trinajstić information content (AvgIpc) is 2.22. The molecule has 0 heterocycles. The minimum Gasteiger partial charge on any atom is -0.432 e. The van der Waals surface area contributed by atoms with Crippen LogP contribution < -0.4 is 0 Å². The first-order chi connectivity index (χ1) is 11.2. The molecular weight excluding hydrogens is 392 g/mol. The van der Waals surface area contributed by atoms with E-state index in [0.717, 1.165) is 37.4 Å². The number of aliphatic hydroxyl groups is 3. The van der Waals surface area contributed by atoms with Crippen LogP contribution in [0.4, 0.5) is 0 Å². The number of rotatable bonds is 6. The van der Waals surface area contributed by atoms with Crippen LogP contribution in [-0.2, 0) is 21.7 Å². The van der Waals surface area contributed by atoms with Crippen LogP contribution in [0.1, 0.15) is 102 Å². The van der Waals surface area contributed by atoms with Crippen molar-refractivity contribution in [1.82, 2.24) is 0 Å². The molecule has 0 aromatic carbocycles. The van der Waals surface area contributed by atoms with Gasteiger partial charge in [-0.1, -0.05) is 40.0 Å². The van der Waals surface area contributed by atoms with Crippen LogP contribution in [0.2, 0.25) is 18.1 Å². The van der Waals surface area contributed by atoms with Gasteiger partial charge in [0.2, 0.25) is 0 Å². The van der Waals surface area contributed by atoms with Gasteiger partial charge in [0.1, 0.15) is 0 Å². The maximum Gasteiger partial charge on any atom is 0.188 e. The molecule has 0 aromatic rings. The maximum absolute atomic E-state index is 10.2. The van der Waals surface area contributed by atoms with E-state index in [1.807, 2.05) is 0 Å². The van der Waals surface area contributed by atoms with Gasteiger partial charge in [-0.2, -0.15) is 0 Å². The molecule has 0 spiro atoms. The topological polar surface area (TPSA) is 80.9 Å². The molecule has 0 aliphatic heterocycles. The molecule has 0 radical (unpaired) electrons. The minimum absolute atomic E-state index is 0. The molecule has 0 fully saturated rings. The molecule has 4 nitrogen and oxygen atoms in total. The third-order valence-electron chi connectivity index (χ3n) is 2.15. The molecule has 6 heteroatoms. The van der Waals surface area contributed by atoms with Gasteiger partial charge in [0, 0.05) is 21.7 Å². The van der Waals surface area contributed by atoms with Crippen molar-refractivity contribution in [3.05, 3.63) is 0 Å². The summed E-state index contributed by atoms with van der Waals surface area (Å²) in [6.07, 6.45) is 3.47. The Morgan fingerprint density at radius 1 is 0.519 bits per heavy atom. The van der Waals surface area contributed by atoms with Crippen molar-refractivity contribution in [3.63, 3.8) is 0 Å². The quantitative estimate of drug-likeness (QED) is 0.409. The molecule has 4 N–H and O–H groups in total. The second-order valence-electron chi connectivity index (χ2n) is 9.99. The van der Waals surface area contributed by atoms with E-state index >= 15 is 0 Å². The SMILES string of the molecule is CC(C)(C)O.CC(C)(C)O.CC(C)(C)O.CCC[Si](O)(CCC)CCC.[Ti]. The average molecular weight is 445 g/mol. The number of hydrogen-bond acceptors (Lipinski definition) is 4. The van der Waals surface area contributed by atoms with E-state index in [1.54, 1.807) is 62.3 Å². The molecule has 0 atom stereocenters. The second-order valence-corrected chi connectivity index (χ2v) is 13.9. The summed E-state index contributed by atoms with van der Waals surface area (Å²) in [7, 11) is -1.75. The molecule has 0 saturated heterocycles. The van der Waals surface area contributed by atoms with Crippen molar-refractivity contribution in [2.45, 2.75) is 137 Å². The first-order valence-electron chi connectivity index (χ1n) is 10.1. The maximum atomic E-state index is 10.2. The Hall–Kier alpha value is 0.771. The molecule has 0 aliphatic rings. The van der Waals surface area contributed by atoms with Crippen LogP contribution in [0, 0.1) is 0 Å². The fourth-order valence-electron chi connectivity index (χ4n) is 1.77. The van der Waals surface area contributed by atoms with Crippen LogP contribution >= 0.6 is 0 Å². The first kappa shape index (κ1) is 38.4. The van der Waals surface area contributed by atoms with Crippen molar-refractivity contribution >= 4 is 8.32 Å². The van der Waals surface area contributed by atoms with Crippen molar-refractivity contribution in [2.24, 2.45) is 0 Å². The summed E-state index contributed by atoms with van der Waals surface area (Å²) in [4.78, 5) is 10.2. The normalized spacial score (nSPS) is 11.6. The number of hydrogen-bond donors (Lipinski definition) is 4. The van der Waals surface area contributed by atoms with Crippen molar-refractivity contribution in [1.29, 1.82) is 0 Å². The predicted octanol–water partition coefficient (Wildman–Crippen LogP) is 5.48. The molecular formula is C21H52O4SiTi. The van der Waals surface area contributed by atoms with Gasteiger partial charge < -0.3 is 20.1 Å². The van der Waals surface area contributed by atoms with Gasteiger partial charge in [-0.05, 0) is 80.4 Å². The Kier molecular flexibility index (Phi) is 26.7. The molecule has 0 amide bonds. The minimum atomic E-state index is -1.75. The van der Waals surface area contributed by atoms with E-state index < -0.39 is 25.1 Å². The largest absolute Gasteiger partial charge is 0.432 e. The summed E-state index contributed by atoms with van der Waals surface area (Å²) in [5, 5.41) is 25.6. The van der Waals surface area contributed by atoms with Gasteiger partial charge in [-0.15, -0.1) is 0 Å². The van der Waals surface area contributed by atoms with E-state index in [2.05, 4.69) is 20.8 Å². The van der Waals surface area contributed by atoms with Gasteiger partial charge in [0.15, 0.2) is 8.32 Å². The molecule has 0 rings (SSSR count). The van der Waals surface area contributed by atoms with E-state index in [4.69, 9.17) is 15.3 Å². The Bertz CT molecular complexity index is 228. The van der Waals surface area contributed by atoms with Gasteiger partial charge in [0.25, 0.3) is 0 Å². The molecule has 27 heavy (non-hydrogen) atoms. The van der Waals surface area contributed by atoms with Crippen LogP contribution in [-0.4, -0.2) is 45.2 Å². The molecule has 0 bridgehead atoms. The predicted molar refractivity (Wildman–Crippen MR) is 119 cm³/mol. The first-order valence-corrected chi connectivity index (χ1v) is 12.6. The van der Waals surface area contributed by atoms with Crippen LogP contribution in [0.25, 0.3) is 0 Å². The summed E-state index contributed by atoms with van der Waals surface area (Å²) in [5.74, 6) is 0. The summed E-state index contributed by atoms with van der Waals surface area (Å²) in [6.45, 7) is 22.2. The monoisotopic (exact) mass is 444 g/mol. The summed E-state index contributed by atoms with van der Waals surface area (Å²) in [5.41, 5.74) is -1.50. The van der Waals surface area contributed by atoms with Gasteiger partial charge in [-0.25, -0.2) is 0 Å². The van der Waals surface area contributed by atoms with Crippen LogP contribution in [0.5, 0.6) is 0 Å². The van der Waals surface area contributed by atoms with Crippen molar-refractivity contribution in [3.8, 4) is 0 Å². The van der Waals surface area contributed by atoms with Crippen molar-refractivity contribution in [2.75, 3.05) is 0 Å². The van der Waals surface area contributed by atoms with Crippen LogP contribution in [0.15, 0.2) is 0 Å². The zero-order valence-electron chi connectivity index (χ0n) is 20.5. The van der Waals surface area contributed by atoms with Crippen LogP contribution in [0.3, 0.4) is 0 Å². The fraction of sp³-hybridized carbons (Fsp3) is 1.00. The third kappa shape index (κ3) is 101. The molecule has 0 unspecified atom stereocenters. The van der Waals surface area contributed by atoms with E-state index in [1.165, 1.54) is 0 Å². The zero-order chi connectivity index (χ0) is 22.2. The summed E-state index contributed by atoms with van der Waals surface area (Å²) >= 11 is 0. The Morgan fingerprint density at radius 3 is 0.704 bits per heavy atom. The zero-order valence-corrected chi connectivity index (χ0v) is 23.1. The van der Waals surface area contributed by atoms with E-state index in [0.29, 0.717) is 0 Å². The third-order valence-corrected chi connectivity index (χ3v) is 6.44. The second kappa shape index (κ2) is 18.8. The van der Waals surface area contributed by atoms with Crippen molar-refractivity contribution < 1.29 is 41.8 Å². The molecule has 0 aromatic heterocycles. The molecule has 168 valence electrons. The Labute approximate surface area is 187 Å². The Morgan fingerprint density at radius 2 is 0.630 bits per heavy atom. The van der Waals surface area contributed by atoms with Gasteiger partial charge in [-0.3, -0.25) is 0 Å². The summed E-state index contributed by atoms with van der Waals surface area (Å²) in [6, 6.07) is 3.32. The summed E-state index contributed by atoms with van der Waals surface area (Å²) < 4.78 is 0. The standard InChI is InChI=1S/C9H22OSi.3C4H10O.Ti/c1-4-7-11(10,8-5-2)9-6-3;3*1-4(2,3)5;/h10H,4-9H2,1-3H3;3*5H,1-3H3;. The fourth-order valence-corrected chi connectivity index (χ4v) is 5.31. The van der Waals surface area contributed by atoms with Gasteiger partial charge >= 0.3 is 0 Å².